The molecule has 0 radical (unpaired) electrons. The monoisotopic (exact) mass is 370 g/mol. The molecule has 1 fully saturated rings. The molecule has 2 N–H and O–H groups in total. The fraction of sp³-hybridized carbons (Fsp3) is 0.632. The Kier molecular flexibility index (Phi) is 10.3. The Morgan fingerprint density at radius 3 is 2.76 bits per heavy atom. The molecule has 1 aromatic rings. The van der Waals surface area contributed by atoms with Crippen LogP contribution < -0.4 is 20.1 Å². The van der Waals surface area contributed by atoms with Crippen LogP contribution in [0.1, 0.15) is 32.6 Å². The minimum absolute atomic E-state index is 0. The molecule has 142 valence electrons. The SMILES string of the molecule is COc1cccc(OCCCNC(=O)CC(C)C2CCNCC2)c1.Cl. The van der Waals surface area contributed by atoms with Gasteiger partial charge in [-0.1, -0.05) is 13.0 Å². The molecule has 1 aromatic carbocycles. The Labute approximate surface area is 157 Å². The lowest BCUT2D eigenvalue weighted by atomic mass is 9.84. The number of carbonyl (C=O) groups is 1. The number of ether oxygens (including phenoxy) is 2. The molecular weight excluding hydrogens is 340 g/mol. The maximum atomic E-state index is 12.0. The number of carbonyl (C=O) groups excluding carboxylic acids is 1. The van der Waals surface area contributed by atoms with Crippen LogP contribution in [-0.4, -0.2) is 39.3 Å². The second kappa shape index (κ2) is 12.0. The lowest BCUT2D eigenvalue weighted by Crippen LogP contribution is -2.33. The average Bonchev–Trinajstić information content (AvgIpc) is 2.62. The lowest BCUT2D eigenvalue weighted by molar-refractivity contribution is -0.122. The first-order chi connectivity index (χ1) is 11.7. The number of rotatable bonds is 9. The predicted molar refractivity (Wildman–Crippen MR) is 103 cm³/mol. The molecule has 0 aromatic heterocycles. The van der Waals surface area contributed by atoms with Gasteiger partial charge in [0.2, 0.25) is 5.91 Å². The quantitative estimate of drug-likeness (QED) is 0.656. The molecule has 0 bridgehead atoms. The highest BCUT2D eigenvalue weighted by atomic mass is 35.5. The summed E-state index contributed by atoms with van der Waals surface area (Å²) in [6, 6.07) is 7.55. The van der Waals surface area contributed by atoms with Gasteiger partial charge in [-0.2, -0.15) is 0 Å². The lowest BCUT2D eigenvalue weighted by Gasteiger charge is -2.27. The summed E-state index contributed by atoms with van der Waals surface area (Å²) in [7, 11) is 1.64. The minimum Gasteiger partial charge on any atom is -0.497 e. The van der Waals surface area contributed by atoms with Gasteiger partial charge >= 0.3 is 0 Å². The van der Waals surface area contributed by atoms with Crippen LogP contribution in [0.3, 0.4) is 0 Å². The molecule has 5 nitrogen and oxygen atoms in total. The van der Waals surface area contributed by atoms with Crippen LogP contribution in [0.15, 0.2) is 24.3 Å². The van der Waals surface area contributed by atoms with Gasteiger partial charge in [0.1, 0.15) is 11.5 Å². The Bertz CT molecular complexity index is 507. The normalized spacial score (nSPS) is 15.8. The highest BCUT2D eigenvalue weighted by Crippen LogP contribution is 2.24. The van der Waals surface area contributed by atoms with Gasteiger partial charge in [0.25, 0.3) is 0 Å². The molecular formula is C19H31ClN2O3. The fourth-order valence-electron chi connectivity index (χ4n) is 3.13. The number of piperidine rings is 1. The summed E-state index contributed by atoms with van der Waals surface area (Å²) in [5.41, 5.74) is 0. The van der Waals surface area contributed by atoms with Crippen molar-refractivity contribution in [2.75, 3.05) is 33.4 Å². The van der Waals surface area contributed by atoms with Crippen molar-refractivity contribution in [1.29, 1.82) is 0 Å². The fourth-order valence-corrected chi connectivity index (χ4v) is 3.13. The predicted octanol–water partition coefficient (Wildman–Crippen LogP) is 3.03. The zero-order valence-corrected chi connectivity index (χ0v) is 16.1. The molecule has 25 heavy (non-hydrogen) atoms. The maximum Gasteiger partial charge on any atom is 0.220 e. The van der Waals surface area contributed by atoms with Crippen LogP contribution in [0.2, 0.25) is 0 Å². The topological polar surface area (TPSA) is 59.6 Å². The van der Waals surface area contributed by atoms with Gasteiger partial charge in [0.15, 0.2) is 0 Å². The first-order valence-corrected chi connectivity index (χ1v) is 8.93. The van der Waals surface area contributed by atoms with Gasteiger partial charge in [-0.05, 0) is 56.3 Å². The van der Waals surface area contributed by atoms with Crippen LogP contribution in [0, 0.1) is 11.8 Å². The number of hydrogen-bond donors (Lipinski definition) is 2. The van der Waals surface area contributed by atoms with E-state index in [1.165, 1.54) is 12.8 Å². The summed E-state index contributed by atoms with van der Waals surface area (Å²) in [5, 5.41) is 6.37. The van der Waals surface area contributed by atoms with Crippen molar-refractivity contribution in [2.24, 2.45) is 11.8 Å². The number of methoxy groups -OCH3 is 1. The van der Waals surface area contributed by atoms with E-state index in [2.05, 4.69) is 17.6 Å². The van der Waals surface area contributed by atoms with E-state index in [0.717, 1.165) is 31.0 Å². The van der Waals surface area contributed by atoms with Crippen LogP contribution >= 0.6 is 12.4 Å². The Balaban J connectivity index is 0.00000312. The number of benzene rings is 1. The number of hydrogen-bond acceptors (Lipinski definition) is 4. The van der Waals surface area contributed by atoms with Gasteiger partial charge in [-0.15, -0.1) is 12.4 Å². The molecule has 1 heterocycles. The Morgan fingerprint density at radius 1 is 1.32 bits per heavy atom. The van der Waals surface area contributed by atoms with Crippen molar-refractivity contribution in [3.05, 3.63) is 24.3 Å². The van der Waals surface area contributed by atoms with Crippen molar-refractivity contribution in [1.82, 2.24) is 10.6 Å². The zero-order chi connectivity index (χ0) is 17.2. The highest BCUT2D eigenvalue weighted by Gasteiger charge is 2.21. The highest BCUT2D eigenvalue weighted by molar-refractivity contribution is 5.85. The summed E-state index contributed by atoms with van der Waals surface area (Å²) in [6.45, 7) is 5.59. The van der Waals surface area contributed by atoms with E-state index in [1.807, 2.05) is 24.3 Å². The van der Waals surface area contributed by atoms with Crippen molar-refractivity contribution < 1.29 is 14.3 Å². The van der Waals surface area contributed by atoms with Crippen molar-refractivity contribution >= 4 is 18.3 Å². The second-order valence-electron chi connectivity index (χ2n) is 6.50. The molecule has 0 spiro atoms. The Morgan fingerprint density at radius 2 is 2.04 bits per heavy atom. The molecule has 0 saturated carbocycles. The van der Waals surface area contributed by atoms with Crippen molar-refractivity contribution in [3.8, 4) is 11.5 Å². The molecule has 1 aliphatic heterocycles. The Hall–Kier alpha value is -1.46. The molecule has 0 aliphatic carbocycles. The second-order valence-corrected chi connectivity index (χ2v) is 6.50. The smallest absolute Gasteiger partial charge is 0.220 e. The summed E-state index contributed by atoms with van der Waals surface area (Å²) in [6.07, 6.45) is 3.79. The minimum atomic E-state index is 0. The third-order valence-corrected chi connectivity index (χ3v) is 4.65. The van der Waals surface area contributed by atoms with Crippen LogP contribution in [0.5, 0.6) is 11.5 Å². The summed E-state index contributed by atoms with van der Waals surface area (Å²) < 4.78 is 10.8. The van der Waals surface area contributed by atoms with Gasteiger partial charge < -0.3 is 20.1 Å². The van der Waals surface area contributed by atoms with E-state index in [1.54, 1.807) is 7.11 Å². The summed E-state index contributed by atoms with van der Waals surface area (Å²) in [4.78, 5) is 12.0. The van der Waals surface area contributed by atoms with Crippen molar-refractivity contribution in [2.45, 2.75) is 32.6 Å². The van der Waals surface area contributed by atoms with Gasteiger partial charge in [-0.3, -0.25) is 4.79 Å². The van der Waals surface area contributed by atoms with Crippen LogP contribution in [0.25, 0.3) is 0 Å². The van der Waals surface area contributed by atoms with E-state index >= 15 is 0 Å². The number of amides is 1. The number of nitrogens with one attached hydrogen (secondary N) is 2. The zero-order valence-electron chi connectivity index (χ0n) is 15.3. The van der Waals surface area contributed by atoms with Gasteiger partial charge in [0, 0.05) is 19.0 Å². The molecule has 6 heteroatoms. The molecule has 1 unspecified atom stereocenters. The molecule has 1 atom stereocenters. The largest absolute Gasteiger partial charge is 0.497 e. The molecule has 2 rings (SSSR count). The van der Waals surface area contributed by atoms with Crippen LogP contribution in [0.4, 0.5) is 0 Å². The van der Waals surface area contributed by atoms with Crippen LogP contribution in [-0.2, 0) is 4.79 Å². The molecule has 1 aliphatic rings. The summed E-state index contributed by atoms with van der Waals surface area (Å²) >= 11 is 0. The standard InChI is InChI=1S/C19H30N2O3.ClH/c1-15(16-7-10-20-11-8-16)13-19(22)21-9-4-12-24-18-6-3-5-17(14-18)23-2;/h3,5-6,14-16,20H,4,7-13H2,1-2H3,(H,21,22);1H. The average molecular weight is 371 g/mol. The molecule has 1 amide bonds. The van der Waals surface area contributed by atoms with E-state index in [-0.39, 0.29) is 18.3 Å². The first kappa shape index (κ1) is 21.6. The van der Waals surface area contributed by atoms with E-state index in [9.17, 15) is 4.79 Å². The third kappa shape index (κ3) is 7.97. The van der Waals surface area contributed by atoms with Gasteiger partial charge in [0.05, 0.1) is 13.7 Å². The third-order valence-electron chi connectivity index (χ3n) is 4.65. The van der Waals surface area contributed by atoms with E-state index < -0.39 is 0 Å². The first-order valence-electron chi connectivity index (χ1n) is 8.93. The molecule has 1 saturated heterocycles. The van der Waals surface area contributed by atoms with E-state index in [4.69, 9.17) is 9.47 Å². The van der Waals surface area contributed by atoms with Gasteiger partial charge in [-0.25, -0.2) is 0 Å². The van der Waals surface area contributed by atoms with Crippen molar-refractivity contribution in [3.63, 3.8) is 0 Å². The maximum absolute atomic E-state index is 12.0. The number of halogens is 1. The summed E-state index contributed by atoms with van der Waals surface area (Å²) in [5.74, 6) is 2.86. The van der Waals surface area contributed by atoms with E-state index in [0.29, 0.717) is 31.4 Å².